The van der Waals surface area contributed by atoms with Crippen molar-refractivity contribution in [3.63, 3.8) is 0 Å². The summed E-state index contributed by atoms with van der Waals surface area (Å²) in [4.78, 5) is 62.0. The Morgan fingerprint density at radius 1 is 1.06 bits per heavy atom. The number of pyridine rings is 2. The summed E-state index contributed by atoms with van der Waals surface area (Å²) in [5, 5.41) is 12.6. The SMILES string of the molecule is CC.CC.Cc1cc(N2CCOC[C@@H]2C(C)(F)F)cc(F)c1C(=O)N[C@@H](Cc1ccc(-n2c(=O)c3cnccc3n(C)c2=O)c2ncc(F)cc12)C(=O)O. The number of carbonyl (C=O) groups excluding carboxylic acids is 1. The van der Waals surface area contributed by atoms with Gasteiger partial charge in [0.15, 0.2) is 0 Å². The third-order valence-electron chi connectivity index (χ3n) is 8.77. The first-order valence-corrected chi connectivity index (χ1v) is 17.4. The molecule has 6 rings (SSSR count). The number of morpholine rings is 1. The number of aliphatic carboxylic acids is 1. The number of alkyl halides is 2. The van der Waals surface area contributed by atoms with Gasteiger partial charge in [-0.1, -0.05) is 33.8 Å². The molecule has 0 spiro atoms. The molecule has 1 saturated heterocycles. The number of aryl methyl sites for hydroxylation is 2. The van der Waals surface area contributed by atoms with Crippen LogP contribution in [0.25, 0.3) is 27.5 Å². The van der Waals surface area contributed by atoms with E-state index in [4.69, 9.17) is 4.74 Å². The van der Waals surface area contributed by atoms with E-state index in [0.29, 0.717) is 5.52 Å². The number of carbonyl (C=O) groups is 2. The van der Waals surface area contributed by atoms with Crippen molar-refractivity contribution in [3.05, 3.63) is 104 Å². The number of hydrogen-bond acceptors (Lipinski definition) is 8. The minimum Gasteiger partial charge on any atom is -0.480 e. The summed E-state index contributed by atoms with van der Waals surface area (Å²) in [6, 6.07) is 4.58. The Morgan fingerprint density at radius 3 is 2.41 bits per heavy atom. The van der Waals surface area contributed by atoms with Gasteiger partial charge in [0, 0.05) is 50.4 Å². The number of halogens is 4. The number of aromatic nitrogens is 4. The fourth-order valence-corrected chi connectivity index (χ4v) is 6.27. The second-order valence-corrected chi connectivity index (χ2v) is 12.1. The molecule has 54 heavy (non-hydrogen) atoms. The van der Waals surface area contributed by atoms with Crippen molar-refractivity contribution in [2.45, 2.75) is 66.0 Å². The molecule has 1 fully saturated rings. The van der Waals surface area contributed by atoms with E-state index in [0.717, 1.165) is 29.8 Å². The Hall–Kier alpha value is -5.64. The van der Waals surface area contributed by atoms with Gasteiger partial charge in [-0.15, -0.1) is 0 Å². The van der Waals surface area contributed by atoms with Gasteiger partial charge in [-0.05, 0) is 48.4 Å². The first-order valence-electron chi connectivity index (χ1n) is 17.4. The van der Waals surface area contributed by atoms with Gasteiger partial charge in [0.2, 0.25) is 0 Å². The topological polar surface area (TPSA) is 149 Å². The van der Waals surface area contributed by atoms with E-state index in [1.165, 1.54) is 60.1 Å². The van der Waals surface area contributed by atoms with Crippen molar-refractivity contribution in [1.29, 1.82) is 0 Å². The highest BCUT2D eigenvalue weighted by Gasteiger charge is 2.41. The highest BCUT2D eigenvalue weighted by molar-refractivity contribution is 5.99. The van der Waals surface area contributed by atoms with E-state index in [9.17, 15) is 37.5 Å². The van der Waals surface area contributed by atoms with Crippen LogP contribution >= 0.6 is 0 Å². The molecule has 1 aliphatic rings. The molecule has 5 aromatic rings. The molecule has 0 bridgehead atoms. The standard InChI is InChI=1S/C34H30F4N6O6.2C2H6/c1-17-10-20(43-8-9-50-16-27(43)34(2,37)38)13-23(36)28(17)30(45)41-24(32(47)48)11-18-4-5-26(29-21(18)12-19(35)14-40-29)44-31(46)22-15-39-7-6-25(22)42(3)33(44)49;2*1-2/h4-7,10,12-15,24,27H,8-9,11,16H2,1-3H3,(H,41,45)(H,47,48);2*1-2H3/t24-,27+;;/m0../s1. The van der Waals surface area contributed by atoms with Crippen molar-refractivity contribution < 1.29 is 37.0 Å². The molecule has 2 N–H and O–H groups in total. The Kier molecular flexibility index (Phi) is 13.0. The quantitative estimate of drug-likeness (QED) is 0.194. The van der Waals surface area contributed by atoms with Crippen molar-refractivity contribution in [1.82, 2.24) is 24.4 Å². The molecule has 288 valence electrons. The lowest BCUT2D eigenvalue weighted by molar-refractivity contribution is -0.139. The maximum absolute atomic E-state index is 15.5. The molecule has 0 radical (unpaired) electrons. The molecule has 16 heteroatoms. The van der Waals surface area contributed by atoms with Gasteiger partial charge in [0.25, 0.3) is 17.4 Å². The zero-order valence-corrected chi connectivity index (χ0v) is 30.9. The van der Waals surface area contributed by atoms with Crippen molar-refractivity contribution in [2.75, 3.05) is 24.7 Å². The summed E-state index contributed by atoms with van der Waals surface area (Å²) in [6.07, 6.45) is 3.18. The number of amides is 1. The van der Waals surface area contributed by atoms with E-state index in [-0.39, 0.29) is 58.5 Å². The first-order chi connectivity index (χ1) is 25.7. The number of nitrogens with zero attached hydrogens (tertiary/aromatic N) is 5. The molecule has 2 aromatic carbocycles. The molecule has 0 aliphatic carbocycles. The lowest BCUT2D eigenvalue weighted by Gasteiger charge is -2.40. The zero-order chi connectivity index (χ0) is 40.1. The van der Waals surface area contributed by atoms with Crippen LogP contribution in [0.3, 0.4) is 0 Å². The van der Waals surface area contributed by atoms with E-state index in [1.807, 2.05) is 27.7 Å². The lowest BCUT2D eigenvalue weighted by atomic mass is 9.98. The van der Waals surface area contributed by atoms with E-state index >= 15 is 4.39 Å². The first kappa shape index (κ1) is 41.1. The van der Waals surface area contributed by atoms with Crippen LogP contribution in [0.1, 0.15) is 56.1 Å². The summed E-state index contributed by atoms with van der Waals surface area (Å²) < 4.78 is 66.0. The van der Waals surface area contributed by atoms with Crippen molar-refractivity contribution in [3.8, 4) is 5.69 Å². The normalized spacial score (nSPS) is 14.8. The summed E-state index contributed by atoms with van der Waals surface area (Å²) in [7, 11) is 1.46. The largest absolute Gasteiger partial charge is 0.480 e. The number of fused-ring (bicyclic) bond motifs is 2. The number of hydrogen-bond donors (Lipinski definition) is 2. The second-order valence-electron chi connectivity index (χ2n) is 12.1. The van der Waals surface area contributed by atoms with Gasteiger partial charge in [-0.25, -0.2) is 31.7 Å². The van der Waals surface area contributed by atoms with Crippen LogP contribution in [0.4, 0.5) is 23.2 Å². The molecule has 3 aromatic heterocycles. The van der Waals surface area contributed by atoms with Gasteiger partial charge in [-0.3, -0.25) is 24.1 Å². The Morgan fingerprint density at radius 2 is 1.76 bits per heavy atom. The number of anilines is 1. The number of rotatable bonds is 8. The van der Waals surface area contributed by atoms with Crippen molar-refractivity contribution in [2.24, 2.45) is 7.05 Å². The maximum atomic E-state index is 15.5. The number of carboxylic acids is 1. The van der Waals surface area contributed by atoms with E-state index in [2.05, 4.69) is 15.3 Å². The van der Waals surface area contributed by atoms with Crippen LogP contribution < -0.4 is 21.5 Å². The fourth-order valence-electron chi connectivity index (χ4n) is 6.27. The van der Waals surface area contributed by atoms with Crippen LogP contribution in [0.15, 0.2) is 64.6 Å². The van der Waals surface area contributed by atoms with Gasteiger partial charge in [0.1, 0.15) is 23.7 Å². The Labute approximate surface area is 308 Å². The van der Waals surface area contributed by atoms with Crippen LogP contribution in [-0.4, -0.2) is 73.8 Å². The molecule has 0 unspecified atom stereocenters. The van der Waals surface area contributed by atoms with E-state index < -0.39 is 64.8 Å². The third-order valence-corrected chi connectivity index (χ3v) is 8.77. The molecular weight excluding hydrogens is 712 g/mol. The highest BCUT2D eigenvalue weighted by atomic mass is 19.3. The fraction of sp³-hybridized carbons (Fsp3) is 0.368. The molecule has 1 amide bonds. The predicted molar refractivity (Wildman–Crippen MR) is 197 cm³/mol. The minimum absolute atomic E-state index is 0.00152. The summed E-state index contributed by atoms with van der Waals surface area (Å²) in [6.45, 7) is 10.0. The predicted octanol–water partition coefficient (Wildman–Crippen LogP) is 5.56. The molecule has 12 nitrogen and oxygen atoms in total. The maximum Gasteiger partial charge on any atom is 0.335 e. The van der Waals surface area contributed by atoms with Gasteiger partial charge in [-0.2, -0.15) is 0 Å². The Bertz CT molecular complexity index is 2280. The van der Waals surface area contributed by atoms with Crippen LogP contribution in [-0.2, 0) is 23.0 Å². The minimum atomic E-state index is -3.17. The highest BCUT2D eigenvalue weighted by Crippen LogP contribution is 2.32. The van der Waals surface area contributed by atoms with Gasteiger partial charge >= 0.3 is 11.7 Å². The second kappa shape index (κ2) is 17.0. The zero-order valence-electron chi connectivity index (χ0n) is 30.9. The van der Waals surface area contributed by atoms with Gasteiger partial charge < -0.3 is 20.1 Å². The molecule has 1 aliphatic heterocycles. The summed E-state index contributed by atoms with van der Waals surface area (Å²) in [5.74, 6) is -7.60. The van der Waals surface area contributed by atoms with Gasteiger partial charge in [0.05, 0.1) is 47.1 Å². The number of ether oxygens (including phenoxy) is 1. The number of carboxylic acid groups (broad SMARTS) is 1. The molecule has 4 heterocycles. The average Bonchev–Trinajstić information content (AvgIpc) is 3.15. The smallest absolute Gasteiger partial charge is 0.335 e. The number of nitrogens with one attached hydrogen (secondary N) is 1. The van der Waals surface area contributed by atoms with Crippen LogP contribution in [0.5, 0.6) is 0 Å². The number of benzene rings is 2. The monoisotopic (exact) mass is 754 g/mol. The molecule has 0 saturated carbocycles. The van der Waals surface area contributed by atoms with Crippen molar-refractivity contribution >= 4 is 39.4 Å². The van der Waals surface area contributed by atoms with Crippen LogP contribution in [0, 0.1) is 18.6 Å². The van der Waals surface area contributed by atoms with E-state index in [1.54, 1.807) is 0 Å². The van der Waals surface area contributed by atoms with Crippen LogP contribution in [0.2, 0.25) is 0 Å². The summed E-state index contributed by atoms with van der Waals surface area (Å²) in [5.41, 5.74) is -1.22. The summed E-state index contributed by atoms with van der Waals surface area (Å²) >= 11 is 0. The average molecular weight is 755 g/mol. The molecular formula is C38H42F4N6O6. The Balaban J connectivity index is 0.00000157. The lowest BCUT2D eigenvalue weighted by Crippen LogP contribution is -2.54. The molecule has 2 atom stereocenters. The third kappa shape index (κ3) is 8.12.